The number of hydrogen-bond acceptors (Lipinski definition) is 4. The molecule has 0 amide bonds. The molecule has 1 aromatic heterocycles. The molecule has 0 atom stereocenters. The van der Waals surface area contributed by atoms with Gasteiger partial charge in [-0.1, -0.05) is 0 Å². The molecule has 0 bridgehead atoms. The van der Waals surface area contributed by atoms with Crippen LogP contribution in [0.4, 0.5) is 0 Å². The second kappa shape index (κ2) is 4.91. The van der Waals surface area contributed by atoms with Crippen molar-refractivity contribution in [1.82, 2.24) is 9.97 Å². The summed E-state index contributed by atoms with van der Waals surface area (Å²) >= 11 is 0. The van der Waals surface area contributed by atoms with Crippen LogP contribution < -0.4 is 15.0 Å². The van der Waals surface area contributed by atoms with Crippen molar-refractivity contribution < 1.29 is 9.47 Å². The van der Waals surface area contributed by atoms with Crippen molar-refractivity contribution in [3.8, 4) is 11.5 Å². The Bertz CT molecular complexity index is 645. The van der Waals surface area contributed by atoms with Crippen LogP contribution >= 0.6 is 0 Å². The van der Waals surface area contributed by atoms with E-state index in [0.29, 0.717) is 22.4 Å². The van der Waals surface area contributed by atoms with E-state index in [1.54, 1.807) is 19.2 Å². The molecule has 0 radical (unpaired) electrons. The Morgan fingerprint density at radius 1 is 1.32 bits per heavy atom. The zero-order valence-corrected chi connectivity index (χ0v) is 10.8. The lowest BCUT2D eigenvalue weighted by molar-refractivity contribution is 0.203. The first kappa shape index (κ1) is 12.0. The molecule has 5 nitrogen and oxygen atoms in total. The highest BCUT2D eigenvalue weighted by Gasteiger charge is 2.21. The molecular weight excluding hydrogens is 244 g/mol. The number of hydrogen-bond donors (Lipinski definition) is 1. The summed E-state index contributed by atoms with van der Waals surface area (Å²) in [5.41, 5.74) is 0.402. The van der Waals surface area contributed by atoms with Crippen LogP contribution in [-0.4, -0.2) is 23.2 Å². The first-order valence-electron chi connectivity index (χ1n) is 6.50. The average molecular weight is 260 g/mol. The molecule has 0 saturated heterocycles. The summed E-state index contributed by atoms with van der Waals surface area (Å²) in [5, 5.41) is 0.524. The van der Waals surface area contributed by atoms with E-state index in [4.69, 9.17) is 9.47 Å². The van der Waals surface area contributed by atoms with Crippen LogP contribution in [0, 0.1) is 0 Å². The van der Waals surface area contributed by atoms with E-state index in [1.807, 2.05) is 0 Å². The highest BCUT2D eigenvalue weighted by atomic mass is 16.5. The van der Waals surface area contributed by atoms with Gasteiger partial charge in [0.15, 0.2) is 11.5 Å². The number of rotatable bonds is 3. The van der Waals surface area contributed by atoms with Crippen LogP contribution in [-0.2, 0) is 0 Å². The summed E-state index contributed by atoms with van der Waals surface area (Å²) in [4.78, 5) is 18.6. The monoisotopic (exact) mass is 260 g/mol. The van der Waals surface area contributed by atoms with E-state index in [0.717, 1.165) is 12.8 Å². The number of fused-ring (bicyclic) bond motifs is 1. The summed E-state index contributed by atoms with van der Waals surface area (Å²) in [5.74, 6) is 1.20. The smallest absolute Gasteiger partial charge is 0.258 e. The number of H-pyrrole nitrogens is 1. The van der Waals surface area contributed by atoms with Crippen molar-refractivity contribution in [2.75, 3.05) is 7.11 Å². The Morgan fingerprint density at radius 2 is 2.11 bits per heavy atom. The summed E-state index contributed by atoms with van der Waals surface area (Å²) < 4.78 is 11.4. The summed E-state index contributed by atoms with van der Waals surface area (Å²) in [7, 11) is 1.59. The van der Waals surface area contributed by atoms with Crippen molar-refractivity contribution in [2.45, 2.75) is 31.8 Å². The molecule has 0 aliphatic heterocycles. The molecule has 19 heavy (non-hydrogen) atoms. The first-order chi connectivity index (χ1) is 9.29. The molecule has 0 unspecified atom stereocenters. The van der Waals surface area contributed by atoms with E-state index in [9.17, 15) is 4.79 Å². The van der Waals surface area contributed by atoms with Crippen LogP contribution in [0.15, 0.2) is 23.3 Å². The van der Waals surface area contributed by atoms with Gasteiger partial charge in [0.25, 0.3) is 5.56 Å². The highest BCUT2D eigenvalue weighted by molar-refractivity contribution is 5.86. The van der Waals surface area contributed by atoms with Crippen LogP contribution in [0.5, 0.6) is 11.5 Å². The molecule has 100 valence electrons. The van der Waals surface area contributed by atoms with Gasteiger partial charge in [-0.3, -0.25) is 4.79 Å². The molecule has 1 saturated carbocycles. The largest absolute Gasteiger partial charge is 0.493 e. The normalized spacial score (nSPS) is 15.8. The fraction of sp³-hybridized carbons (Fsp3) is 0.429. The van der Waals surface area contributed by atoms with Gasteiger partial charge in [0.2, 0.25) is 0 Å². The molecule has 1 aliphatic rings. The third-order valence-electron chi connectivity index (χ3n) is 3.54. The van der Waals surface area contributed by atoms with Gasteiger partial charge in [-0.15, -0.1) is 0 Å². The molecule has 1 aromatic carbocycles. The Hall–Kier alpha value is -2.04. The Morgan fingerprint density at radius 3 is 2.84 bits per heavy atom. The topological polar surface area (TPSA) is 64.2 Å². The molecular formula is C14H16N2O3. The minimum atomic E-state index is -0.163. The van der Waals surface area contributed by atoms with Crippen molar-refractivity contribution in [1.29, 1.82) is 0 Å². The van der Waals surface area contributed by atoms with Crippen LogP contribution in [0.3, 0.4) is 0 Å². The summed E-state index contributed by atoms with van der Waals surface area (Å²) in [6.07, 6.45) is 6.05. The zero-order chi connectivity index (χ0) is 13.2. The van der Waals surface area contributed by atoms with Gasteiger partial charge >= 0.3 is 0 Å². The minimum Gasteiger partial charge on any atom is -0.493 e. The maximum absolute atomic E-state index is 11.8. The predicted molar refractivity (Wildman–Crippen MR) is 71.8 cm³/mol. The van der Waals surface area contributed by atoms with Crippen molar-refractivity contribution in [3.05, 3.63) is 28.8 Å². The number of aromatic nitrogens is 2. The average Bonchev–Trinajstić information content (AvgIpc) is 2.93. The van der Waals surface area contributed by atoms with Gasteiger partial charge in [-0.05, 0) is 37.8 Å². The van der Waals surface area contributed by atoms with E-state index in [-0.39, 0.29) is 11.7 Å². The Labute approximate surface area is 110 Å². The zero-order valence-electron chi connectivity index (χ0n) is 10.8. The van der Waals surface area contributed by atoms with Crippen LogP contribution in [0.2, 0.25) is 0 Å². The number of nitrogens with one attached hydrogen (secondary N) is 1. The second-order valence-electron chi connectivity index (χ2n) is 4.75. The standard InChI is InChI=1S/C14H16N2O3/c1-18-11-7-6-10-12(15-8-16-14(10)17)13(11)19-9-4-2-3-5-9/h6-9H,2-5H2,1H3,(H,15,16,17). The lowest BCUT2D eigenvalue weighted by Gasteiger charge is -2.16. The first-order valence-corrected chi connectivity index (χ1v) is 6.50. The number of methoxy groups -OCH3 is 1. The van der Waals surface area contributed by atoms with Crippen molar-refractivity contribution >= 4 is 10.9 Å². The molecule has 5 heteroatoms. The van der Waals surface area contributed by atoms with Crippen molar-refractivity contribution in [3.63, 3.8) is 0 Å². The third-order valence-corrected chi connectivity index (χ3v) is 3.54. The maximum atomic E-state index is 11.8. The lowest BCUT2D eigenvalue weighted by Crippen LogP contribution is -2.14. The Kier molecular flexibility index (Phi) is 3.11. The quantitative estimate of drug-likeness (QED) is 0.919. The van der Waals surface area contributed by atoms with Gasteiger partial charge in [0, 0.05) is 0 Å². The molecule has 2 aromatic rings. The minimum absolute atomic E-state index is 0.163. The van der Waals surface area contributed by atoms with E-state index in [1.165, 1.54) is 19.2 Å². The summed E-state index contributed by atoms with van der Waals surface area (Å²) in [6.45, 7) is 0. The maximum Gasteiger partial charge on any atom is 0.258 e. The Balaban J connectivity index is 2.12. The van der Waals surface area contributed by atoms with Crippen LogP contribution in [0.1, 0.15) is 25.7 Å². The lowest BCUT2D eigenvalue weighted by atomic mass is 10.2. The number of ether oxygens (including phenoxy) is 2. The van der Waals surface area contributed by atoms with E-state index in [2.05, 4.69) is 9.97 Å². The van der Waals surface area contributed by atoms with Gasteiger partial charge in [-0.25, -0.2) is 4.98 Å². The molecule has 0 spiro atoms. The molecule has 1 N–H and O–H groups in total. The molecule has 1 aliphatic carbocycles. The fourth-order valence-electron chi connectivity index (χ4n) is 2.54. The SMILES string of the molecule is COc1ccc2c(=O)[nH]cnc2c1OC1CCCC1. The van der Waals surface area contributed by atoms with Gasteiger partial charge in [0.05, 0.1) is 24.9 Å². The highest BCUT2D eigenvalue weighted by Crippen LogP contribution is 2.36. The van der Waals surface area contributed by atoms with Gasteiger partial charge in [-0.2, -0.15) is 0 Å². The van der Waals surface area contributed by atoms with Crippen LogP contribution in [0.25, 0.3) is 10.9 Å². The number of benzene rings is 1. The second-order valence-corrected chi connectivity index (χ2v) is 4.75. The molecule has 1 heterocycles. The number of nitrogens with zero attached hydrogens (tertiary/aromatic N) is 1. The molecule has 1 fully saturated rings. The van der Waals surface area contributed by atoms with Crippen molar-refractivity contribution in [2.24, 2.45) is 0 Å². The fourth-order valence-corrected chi connectivity index (χ4v) is 2.54. The summed E-state index contributed by atoms with van der Waals surface area (Å²) in [6, 6.07) is 3.46. The molecule has 3 rings (SSSR count). The van der Waals surface area contributed by atoms with Gasteiger partial charge in [0.1, 0.15) is 5.52 Å². The van der Waals surface area contributed by atoms with E-state index >= 15 is 0 Å². The van der Waals surface area contributed by atoms with E-state index < -0.39 is 0 Å². The predicted octanol–water partition coefficient (Wildman–Crippen LogP) is 2.25. The number of aromatic amines is 1. The van der Waals surface area contributed by atoms with Gasteiger partial charge < -0.3 is 14.5 Å². The third kappa shape index (κ3) is 2.16.